The molecule has 0 bridgehead atoms. The van der Waals surface area contributed by atoms with Gasteiger partial charge in [0.2, 0.25) is 15.9 Å². The highest BCUT2D eigenvalue weighted by atomic mass is 32.2. The van der Waals surface area contributed by atoms with E-state index >= 15 is 0 Å². The molecule has 0 heterocycles. The van der Waals surface area contributed by atoms with Crippen molar-refractivity contribution in [2.24, 2.45) is 0 Å². The number of anilines is 2. The molecular weight excluding hydrogens is 360 g/mol. The normalized spacial score (nSPS) is 11.3. The molecule has 0 aliphatic heterocycles. The van der Waals surface area contributed by atoms with E-state index in [1.807, 2.05) is 50.2 Å². The van der Waals surface area contributed by atoms with Crippen LogP contribution in [0.5, 0.6) is 0 Å². The summed E-state index contributed by atoms with van der Waals surface area (Å²) in [6.45, 7) is 6.29. The van der Waals surface area contributed by atoms with E-state index in [0.717, 1.165) is 23.2 Å². The van der Waals surface area contributed by atoms with Gasteiger partial charge in [-0.25, -0.2) is 8.42 Å². The molecule has 1 amide bonds. The van der Waals surface area contributed by atoms with Gasteiger partial charge in [0.05, 0.1) is 11.9 Å². The molecule has 1 N–H and O–H groups in total. The van der Waals surface area contributed by atoms with Crippen LogP contribution in [0.25, 0.3) is 0 Å². The van der Waals surface area contributed by atoms with Gasteiger partial charge in [0.25, 0.3) is 0 Å². The van der Waals surface area contributed by atoms with E-state index in [-0.39, 0.29) is 18.9 Å². The summed E-state index contributed by atoms with van der Waals surface area (Å²) >= 11 is 0. The number of nitrogens with one attached hydrogen (secondary N) is 1. The Bertz CT molecular complexity index is 890. The van der Waals surface area contributed by atoms with Crippen LogP contribution in [0, 0.1) is 13.8 Å². The largest absolute Gasteiger partial charge is 0.326 e. The van der Waals surface area contributed by atoms with Gasteiger partial charge >= 0.3 is 0 Å². The van der Waals surface area contributed by atoms with E-state index in [1.54, 1.807) is 6.07 Å². The minimum Gasteiger partial charge on any atom is -0.326 e. The molecule has 27 heavy (non-hydrogen) atoms. The Labute approximate surface area is 162 Å². The van der Waals surface area contributed by atoms with E-state index in [2.05, 4.69) is 12.2 Å². The van der Waals surface area contributed by atoms with Crippen LogP contribution >= 0.6 is 0 Å². The van der Waals surface area contributed by atoms with Crippen molar-refractivity contribution in [3.05, 3.63) is 59.2 Å². The molecule has 0 aromatic heterocycles. The Morgan fingerprint density at radius 1 is 1.04 bits per heavy atom. The number of amides is 1. The van der Waals surface area contributed by atoms with Crippen LogP contribution in [0.15, 0.2) is 42.5 Å². The maximum Gasteiger partial charge on any atom is 0.232 e. The zero-order chi connectivity index (χ0) is 20.0. The number of hydrogen-bond donors (Lipinski definition) is 1. The number of carbonyl (C=O) groups is 1. The van der Waals surface area contributed by atoms with E-state index in [4.69, 9.17) is 0 Å². The van der Waals surface area contributed by atoms with E-state index in [0.29, 0.717) is 12.1 Å². The molecular formula is C21H28N2O3S. The van der Waals surface area contributed by atoms with Crippen molar-refractivity contribution < 1.29 is 13.2 Å². The zero-order valence-electron chi connectivity index (χ0n) is 16.5. The fourth-order valence-electron chi connectivity index (χ4n) is 2.80. The maximum absolute atomic E-state index is 12.2. The molecule has 0 spiro atoms. The van der Waals surface area contributed by atoms with Crippen LogP contribution < -0.4 is 9.62 Å². The van der Waals surface area contributed by atoms with Crippen molar-refractivity contribution in [2.45, 2.75) is 40.0 Å². The summed E-state index contributed by atoms with van der Waals surface area (Å²) in [6.07, 6.45) is 2.84. The number of nitrogens with zero attached hydrogens (tertiary/aromatic N) is 1. The highest BCUT2D eigenvalue weighted by Crippen LogP contribution is 2.22. The predicted molar refractivity (Wildman–Crippen MR) is 112 cm³/mol. The van der Waals surface area contributed by atoms with Crippen molar-refractivity contribution in [1.29, 1.82) is 0 Å². The van der Waals surface area contributed by atoms with E-state index in [9.17, 15) is 13.2 Å². The second kappa shape index (κ2) is 9.04. The third-order valence-electron chi connectivity index (χ3n) is 4.59. The topological polar surface area (TPSA) is 66.5 Å². The van der Waals surface area contributed by atoms with Gasteiger partial charge in [-0.15, -0.1) is 0 Å². The third-order valence-corrected chi connectivity index (χ3v) is 5.78. The lowest BCUT2D eigenvalue weighted by Crippen LogP contribution is -2.31. The lowest BCUT2D eigenvalue weighted by molar-refractivity contribution is -0.116. The standard InChI is InChI=1S/C21H28N2O3S/c1-5-18-9-11-19(12-10-18)22-21(24)7-6-14-23(27(4,25)26)20-13-8-16(2)17(3)15-20/h8-13,15H,5-7,14H2,1-4H3,(H,22,24). The number of rotatable bonds is 8. The lowest BCUT2D eigenvalue weighted by Gasteiger charge is -2.23. The van der Waals surface area contributed by atoms with Crippen molar-refractivity contribution >= 4 is 27.3 Å². The maximum atomic E-state index is 12.2. The second-order valence-corrected chi connectivity index (χ2v) is 8.71. The molecule has 0 aliphatic carbocycles. The Hall–Kier alpha value is -2.34. The highest BCUT2D eigenvalue weighted by Gasteiger charge is 2.18. The van der Waals surface area contributed by atoms with Crippen LogP contribution in [0.4, 0.5) is 11.4 Å². The quantitative estimate of drug-likeness (QED) is 0.742. The van der Waals surface area contributed by atoms with Crippen molar-refractivity contribution in [2.75, 3.05) is 22.4 Å². The molecule has 0 saturated carbocycles. The molecule has 0 saturated heterocycles. The number of sulfonamides is 1. The lowest BCUT2D eigenvalue weighted by atomic mass is 10.1. The Morgan fingerprint density at radius 2 is 1.70 bits per heavy atom. The summed E-state index contributed by atoms with van der Waals surface area (Å²) in [7, 11) is -3.41. The molecule has 5 nitrogen and oxygen atoms in total. The van der Waals surface area contributed by atoms with Crippen LogP contribution in [-0.4, -0.2) is 27.1 Å². The first kappa shape index (κ1) is 21.0. The van der Waals surface area contributed by atoms with Gasteiger partial charge in [-0.2, -0.15) is 0 Å². The highest BCUT2D eigenvalue weighted by molar-refractivity contribution is 7.92. The van der Waals surface area contributed by atoms with Crippen LogP contribution in [-0.2, 0) is 21.2 Å². The van der Waals surface area contributed by atoms with Crippen LogP contribution in [0.2, 0.25) is 0 Å². The van der Waals surface area contributed by atoms with Gasteiger partial charge in [-0.05, 0) is 67.6 Å². The molecule has 0 fully saturated rings. The average Bonchev–Trinajstić information content (AvgIpc) is 2.61. The number of carbonyl (C=O) groups excluding carboxylic acids is 1. The monoisotopic (exact) mass is 388 g/mol. The summed E-state index contributed by atoms with van der Waals surface area (Å²) in [4.78, 5) is 12.2. The van der Waals surface area contributed by atoms with Gasteiger partial charge < -0.3 is 5.32 Å². The average molecular weight is 389 g/mol. The molecule has 2 aromatic rings. The Morgan fingerprint density at radius 3 is 2.26 bits per heavy atom. The van der Waals surface area contributed by atoms with Gasteiger partial charge in [0.15, 0.2) is 0 Å². The first-order valence-corrected chi connectivity index (χ1v) is 11.0. The Balaban J connectivity index is 1.96. The molecule has 0 unspecified atom stereocenters. The van der Waals surface area contributed by atoms with Gasteiger partial charge in [-0.1, -0.05) is 25.1 Å². The van der Waals surface area contributed by atoms with Crippen molar-refractivity contribution in [3.8, 4) is 0 Å². The minimum atomic E-state index is -3.41. The third kappa shape index (κ3) is 6.10. The fourth-order valence-corrected chi connectivity index (χ4v) is 3.75. The van der Waals surface area contributed by atoms with Crippen LogP contribution in [0.1, 0.15) is 36.5 Å². The summed E-state index contributed by atoms with van der Waals surface area (Å²) < 4.78 is 25.7. The molecule has 0 aliphatic rings. The van der Waals surface area contributed by atoms with Gasteiger partial charge in [-0.3, -0.25) is 9.10 Å². The number of hydrogen-bond acceptors (Lipinski definition) is 3. The minimum absolute atomic E-state index is 0.118. The van der Waals surface area contributed by atoms with Crippen molar-refractivity contribution in [3.63, 3.8) is 0 Å². The van der Waals surface area contributed by atoms with Crippen molar-refractivity contribution in [1.82, 2.24) is 0 Å². The first-order chi connectivity index (χ1) is 12.7. The predicted octanol–water partition coefficient (Wildman–Crippen LogP) is 4.05. The summed E-state index contributed by atoms with van der Waals surface area (Å²) in [5.41, 5.74) is 4.75. The summed E-state index contributed by atoms with van der Waals surface area (Å²) in [5.74, 6) is -0.118. The summed E-state index contributed by atoms with van der Waals surface area (Å²) in [5, 5.41) is 2.86. The number of aryl methyl sites for hydroxylation is 3. The molecule has 6 heteroatoms. The van der Waals surface area contributed by atoms with E-state index in [1.165, 1.54) is 16.1 Å². The molecule has 0 atom stereocenters. The molecule has 2 aromatic carbocycles. The first-order valence-electron chi connectivity index (χ1n) is 9.14. The molecule has 2 rings (SSSR count). The fraction of sp³-hybridized carbons (Fsp3) is 0.381. The SMILES string of the molecule is CCc1ccc(NC(=O)CCCN(c2ccc(C)c(C)c2)S(C)(=O)=O)cc1. The second-order valence-electron chi connectivity index (χ2n) is 6.81. The van der Waals surface area contributed by atoms with Gasteiger partial charge in [0, 0.05) is 18.7 Å². The molecule has 146 valence electrons. The zero-order valence-corrected chi connectivity index (χ0v) is 17.3. The van der Waals surface area contributed by atoms with Crippen LogP contribution in [0.3, 0.4) is 0 Å². The molecule has 0 radical (unpaired) electrons. The number of benzene rings is 2. The smallest absolute Gasteiger partial charge is 0.232 e. The van der Waals surface area contributed by atoms with E-state index < -0.39 is 10.0 Å². The Kier molecular flexibility index (Phi) is 7.02. The van der Waals surface area contributed by atoms with Gasteiger partial charge in [0.1, 0.15) is 0 Å². The summed E-state index contributed by atoms with van der Waals surface area (Å²) in [6, 6.07) is 13.3.